The van der Waals surface area contributed by atoms with Crippen molar-refractivity contribution in [2.75, 3.05) is 13.2 Å². The topological polar surface area (TPSA) is 38.3 Å². The maximum absolute atomic E-state index is 11.6. The first-order chi connectivity index (χ1) is 9.24. The molecule has 5 heteroatoms. The summed E-state index contributed by atoms with van der Waals surface area (Å²) in [5.74, 6) is 0.518. The van der Waals surface area contributed by atoms with Crippen LogP contribution in [0.1, 0.15) is 4.88 Å². The van der Waals surface area contributed by atoms with E-state index >= 15 is 0 Å². The van der Waals surface area contributed by atoms with Crippen LogP contribution in [0, 0.1) is 0 Å². The Morgan fingerprint density at radius 2 is 2.05 bits per heavy atom. The fourth-order valence-electron chi connectivity index (χ4n) is 1.51. The normalized spacial score (nSPS) is 10.2. The molecule has 0 aliphatic carbocycles. The molecule has 3 nitrogen and oxygen atoms in total. The SMILES string of the molecule is O=C(COc1ccc(Cl)cc1)NCCc1cccs1. The van der Waals surface area contributed by atoms with Gasteiger partial charge < -0.3 is 10.1 Å². The predicted molar refractivity (Wildman–Crippen MR) is 78.0 cm³/mol. The van der Waals surface area contributed by atoms with Crippen molar-refractivity contribution in [2.24, 2.45) is 0 Å². The molecular formula is C14H14ClNO2S. The quantitative estimate of drug-likeness (QED) is 0.889. The molecule has 1 amide bonds. The molecule has 0 saturated heterocycles. The number of carbonyl (C=O) groups is 1. The Morgan fingerprint density at radius 3 is 2.74 bits per heavy atom. The highest BCUT2D eigenvalue weighted by molar-refractivity contribution is 7.09. The highest BCUT2D eigenvalue weighted by Crippen LogP contribution is 2.15. The van der Waals surface area contributed by atoms with Crippen LogP contribution in [-0.2, 0) is 11.2 Å². The van der Waals surface area contributed by atoms with Crippen LogP contribution >= 0.6 is 22.9 Å². The Hall–Kier alpha value is -1.52. The third-order valence-corrected chi connectivity index (χ3v) is 3.65. The zero-order valence-electron chi connectivity index (χ0n) is 10.3. The fraction of sp³-hybridized carbons (Fsp3) is 0.214. The lowest BCUT2D eigenvalue weighted by Gasteiger charge is -2.07. The molecule has 0 atom stereocenters. The molecule has 0 fully saturated rings. The molecule has 1 heterocycles. The Morgan fingerprint density at radius 1 is 1.26 bits per heavy atom. The summed E-state index contributed by atoms with van der Waals surface area (Å²) in [6.45, 7) is 0.648. The maximum Gasteiger partial charge on any atom is 0.257 e. The number of hydrogen-bond donors (Lipinski definition) is 1. The number of hydrogen-bond acceptors (Lipinski definition) is 3. The number of benzene rings is 1. The van der Waals surface area contributed by atoms with Crippen LogP contribution in [0.2, 0.25) is 5.02 Å². The summed E-state index contributed by atoms with van der Waals surface area (Å²) in [5.41, 5.74) is 0. The lowest BCUT2D eigenvalue weighted by Crippen LogP contribution is -2.30. The van der Waals surface area contributed by atoms with Gasteiger partial charge in [-0.3, -0.25) is 4.79 Å². The molecule has 2 rings (SSSR count). The predicted octanol–water partition coefficient (Wildman–Crippen LogP) is 3.14. The van der Waals surface area contributed by atoms with Crippen molar-refractivity contribution in [1.29, 1.82) is 0 Å². The van der Waals surface area contributed by atoms with E-state index in [9.17, 15) is 4.79 Å². The molecule has 0 bridgehead atoms. The molecule has 0 radical (unpaired) electrons. The van der Waals surface area contributed by atoms with E-state index in [0.29, 0.717) is 17.3 Å². The van der Waals surface area contributed by atoms with Gasteiger partial charge in [-0.15, -0.1) is 11.3 Å². The van der Waals surface area contributed by atoms with Crippen molar-refractivity contribution in [3.8, 4) is 5.75 Å². The molecule has 100 valence electrons. The molecule has 1 aromatic heterocycles. The van der Waals surface area contributed by atoms with Crippen LogP contribution in [0.25, 0.3) is 0 Å². The highest BCUT2D eigenvalue weighted by Gasteiger charge is 2.02. The molecule has 2 aromatic rings. The monoisotopic (exact) mass is 295 g/mol. The third-order valence-electron chi connectivity index (χ3n) is 2.46. The van der Waals surface area contributed by atoms with Gasteiger partial charge in [0, 0.05) is 16.4 Å². The van der Waals surface area contributed by atoms with Gasteiger partial charge in [0.15, 0.2) is 6.61 Å². The van der Waals surface area contributed by atoms with Crippen LogP contribution in [-0.4, -0.2) is 19.1 Å². The van der Waals surface area contributed by atoms with Crippen molar-refractivity contribution in [2.45, 2.75) is 6.42 Å². The van der Waals surface area contributed by atoms with E-state index < -0.39 is 0 Å². The number of halogens is 1. The number of thiophene rings is 1. The van der Waals surface area contributed by atoms with E-state index in [0.717, 1.165) is 6.42 Å². The lowest BCUT2D eigenvalue weighted by molar-refractivity contribution is -0.123. The molecule has 1 N–H and O–H groups in total. The second-order valence-electron chi connectivity index (χ2n) is 3.92. The van der Waals surface area contributed by atoms with Crippen molar-refractivity contribution < 1.29 is 9.53 Å². The Labute approximate surface area is 121 Å². The van der Waals surface area contributed by atoms with Gasteiger partial charge in [0.05, 0.1) is 0 Å². The van der Waals surface area contributed by atoms with E-state index in [1.165, 1.54) is 4.88 Å². The first kappa shape index (κ1) is 13.9. The van der Waals surface area contributed by atoms with E-state index in [1.54, 1.807) is 35.6 Å². The van der Waals surface area contributed by atoms with Crippen LogP contribution < -0.4 is 10.1 Å². The van der Waals surface area contributed by atoms with E-state index in [4.69, 9.17) is 16.3 Å². The smallest absolute Gasteiger partial charge is 0.257 e. The Kier molecular flexibility index (Phi) is 5.24. The number of amides is 1. The zero-order chi connectivity index (χ0) is 13.5. The molecule has 0 aliphatic heterocycles. The zero-order valence-corrected chi connectivity index (χ0v) is 11.8. The van der Waals surface area contributed by atoms with Gasteiger partial charge in [0.1, 0.15) is 5.75 Å². The minimum absolute atomic E-state index is 0.0199. The van der Waals surface area contributed by atoms with Crippen molar-refractivity contribution >= 4 is 28.8 Å². The van der Waals surface area contributed by atoms with Crippen molar-refractivity contribution in [3.63, 3.8) is 0 Å². The van der Waals surface area contributed by atoms with Crippen LogP contribution in [0.4, 0.5) is 0 Å². The van der Waals surface area contributed by atoms with Crippen molar-refractivity contribution in [1.82, 2.24) is 5.32 Å². The summed E-state index contributed by atoms with van der Waals surface area (Å²) in [6.07, 6.45) is 0.852. The number of ether oxygens (including phenoxy) is 1. The highest BCUT2D eigenvalue weighted by atomic mass is 35.5. The molecule has 0 saturated carbocycles. The summed E-state index contributed by atoms with van der Waals surface area (Å²) >= 11 is 7.45. The standard InChI is InChI=1S/C14H14ClNO2S/c15-11-3-5-12(6-4-11)18-10-14(17)16-8-7-13-2-1-9-19-13/h1-6,9H,7-8,10H2,(H,16,17). The molecule has 1 aromatic carbocycles. The van der Waals surface area contributed by atoms with Crippen molar-refractivity contribution in [3.05, 3.63) is 51.7 Å². The van der Waals surface area contributed by atoms with Gasteiger partial charge in [0.25, 0.3) is 5.91 Å². The van der Waals surface area contributed by atoms with E-state index in [2.05, 4.69) is 11.4 Å². The number of carbonyl (C=O) groups excluding carboxylic acids is 1. The van der Waals surface area contributed by atoms with Crippen LogP contribution in [0.15, 0.2) is 41.8 Å². The molecular weight excluding hydrogens is 282 g/mol. The third kappa shape index (κ3) is 4.93. The van der Waals surface area contributed by atoms with Gasteiger partial charge in [-0.05, 0) is 42.1 Å². The summed E-state index contributed by atoms with van der Waals surface area (Å²) in [7, 11) is 0. The van der Waals surface area contributed by atoms with Gasteiger partial charge in [-0.1, -0.05) is 17.7 Å². The van der Waals surface area contributed by atoms with E-state index in [1.807, 2.05) is 11.4 Å². The molecule has 0 spiro atoms. The minimum atomic E-state index is -0.119. The first-order valence-corrected chi connectivity index (χ1v) is 7.17. The summed E-state index contributed by atoms with van der Waals surface area (Å²) in [6, 6.07) is 11.0. The molecule has 19 heavy (non-hydrogen) atoms. The Balaban J connectivity index is 1.65. The summed E-state index contributed by atoms with van der Waals surface area (Å²) in [5, 5.41) is 5.49. The fourth-order valence-corrected chi connectivity index (χ4v) is 2.35. The molecule has 0 aliphatic rings. The Bertz CT molecular complexity index is 511. The largest absolute Gasteiger partial charge is 0.484 e. The maximum atomic E-state index is 11.6. The van der Waals surface area contributed by atoms with Gasteiger partial charge in [-0.25, -0.2) is 0 Å². The summed E-state index contributed by atoms with van der Waals surface area (Å²) < 4.78 is 5.34. The van der Waals surface area contributed by atoms with Gasteiger partial charge in [0.2, 0.25) is 0 Å². The second kappa shape index (κ2) is 7.16. The first-order valence-electron chi connectivity index (χ1n) is 5.91. The van der Waals surface area contributed by atoms with Crippen LogP contribution in [0.3, 0.4) is 0 Å². The average molecular weight is 296 g/mol. The van der Waals surface area contributed by atoms with Gasteiger partial charge >= 0.3 is 0 Å². The van der Waals surface area contributed by atoms with Gasteiger partial charge in [-0.2, -0.15) is 0 Å². The van der Waals surface area contributed by atoms with E-state index in [-0.39, 0.29) is 12.5 Å². The average Bonchev–Trinajstić information content (AvgIpc) is 2.91. The number of rotatable bonds is 6. The lowest BCUT2D eigenvalue weighted by atomic mass is 10.3. The molecule has 0 unspecified atom stereocenters. The second-order valence-corrected chi connectivity index (χ2v) is 5.39. The summed E-state index contributed by atoms with van der Waals surface area (Å²) in [4.78, 5) is 12.8. The number of nitrogens with one attached hydrogen (secondary N) is 1. The minimum Gasteiger partial charge on any atom is -0.484 e. The van der Waals surface area contributed by atoms with Crippen LogP contribution in [0.5, 0.6) is 5.75 Å².